The van der Waals surface area contributed by atoms with Crippen LogP contribution in [0.4, 0.5) is 0 Å². The molecule has 0 radical (unpaired) electrons. The fraction of sp³-hybridized carbons (Fsp3) is 0.143. The number of halogens is 1. The van der Waals surface area contributed by atoms with E-state index in [2.05, 4.69) is 26.0 Å². The Balaban J connectivity index is 1.81. The Morgan fingerprint density at radius 3 is 2.91 bits per heavy atom. The molecule has 0 aromatic carbocycles. The first-order chi connectivity index (χ1) is 10.5. The maximum Gasteiger partial charge on any atom is 0.341 e. The van der Waals surface area contributed by atoms with Gasteiger partial charge in [-0.25, -0.2) is 9.78 Å². The van der Waals surface area contributed by atoms with E-state index in [1.165, 1.54) is 21.3 Å². The Labute approximate surface area is 133 Å². The first kappa shape index (κ1) is 14.5. The lowest BCUT2D eigenvalue weighted by Crippen LogP contribution is -2.16. The normalized spacial score (nSPS) is 10.8. The third-order valence-electron chi connectivity index (χ3n) is 2.97. The van der Waals surface area contributed by atoms with Crippen molar-refractivity contribution in [3.8, 4) is 0 Å². The highest BCUT2D eigenvalue weighted by atomic mass is 79.9. The maximum absolute atomic E-state index is 12.0. The SMILES string of the molecule is Cn1cc(C(=O)OCc2cc(=O)n3cc(Br)ccc3n2)cn1. The van der Waals surface area contributed by atoms with Gasteiger partial charge >= 0.3 is 5.97 Å². The molecule has 8 heteroatoms. The van der Waals surface area contributed by atoms with E-state index in [1.54, 1.807) is 31.6 Å². The van der Waals surface area contributed by atoms with Crippen molar-refractivity contribution in [1.29, 1.82) is 0 Å². The quantitative estimate of drug-likeness (QED) is 0.660. The highest BCUT2D eigenvalue weighted by Gasteiger charge is 2.11. The van der Waals surface area contributed by atoms with Crippen molar-refractivity contribution >= 4 is 27.5 Å². The van der Waals surface area contributed by atoms with Gasteiger partial charge in [-0.3, -0.25) is 13.9 Å². The van der Waals surface area contributed by atoms with Crippen LogP contribution in [-0.2, 0) is 18.4 Å². The molecule has 0 N–H and O–H groups in total. The summed E-state index contributed by atoms with van der Waals surface area (Å²) in [7, 11) is 1.71. The van der Waals surface area contributed by atoms with E-state index < -0.39 is 5.97 Å². The van der Waals surface area contributed by atoms with E-state index in [-0.39, 0.29) is 12.2 Å². The summed E-state index contributed by atoms with van der Waals surface area (Å²) in [5, 5.41) is 3.90. The number of pyridine rings is 1. The Morgan fingerprint density at radius 1 is 1.36 bits per heavy atom. The molecular weight excluding hydrogens is 352 g/mol. The molecule has 3 aromatic heterocycles. The lowest BCUT2D eigenvalue weighted by atomic mass is 10.3. The minimum atomic E-state index is -0.508. The van der Waals surface area contributed by atoms with Crippen LogP contribution in [0.5, 0.6) is 0 Å². The molecule has 0 bridgehead atoms. The number of carbonyl (C=O) groups excluding carboxylic acids is 1. The number of carbonyl (C=O) groups is 1. The third kappa shape index (κ3) is 2.91. The molecule has 0 fully saturated rings. The smallest absolute Gasteiger partial charge is 0.341 e. The Hall–Kier alpha value is -2.48. The van der Waals surface area contributed by atoms with E-state index in [4.69, 9.17) is 4.74 Å². The molecule has 3 rings (SSSR count). The van der Waals surface area contributed by atoms with Gasteiger partial charge in [0, 0.05) is 30.0 Å². The number of fused-ring (bicyclic) bond motifs is 1. The van der Waals surface area contributed by atoms with Crippen molar-refractivity contribution in [3.63, 3.8) is 0 Å². The van der Waals surface area contributed by atoms with Crippen LogP contribution in [0, 0.1) is 0 Å². The van der Waals surface area contributed by atoms with E-state index in [0.29, 0.717) is 16.9 Å². The highest BCUT2D eigenvalue weighted by Crippen LogP contribution is 2.10. The molecular formula is C14H11BrN4O3. The second-order valence-electron chi connectivity index (χ2n) is 4.64. The number of aryl methyl sites for hydroxylation is 1. The molecule has 3 heterocycles. The predicted molar refractivity (Wildman–Crippen MR) is 81.5 cm³/mol. The standard InChI is InChI=1S/C14H11BrN4O3/c1-18-6-9(5-16-18)14(21)22-8-11-4-13(20)19-7-10(15)2-3-12(19)17-11/h2-7H,8H2,1H3. The van der Waals surface area contributed by atoms with Gasteiger partial charge in [0.25, 0.3) is 5.56 Å². The summed E-state index contributed by atoms with van der Waals surface area (Å²) in [4.78, 5) is 28.1. The van der Waals surface area contributed by atoms with Gasteiger partial charge in [-0.1, -0.05) is 0 Å². The first-order valence-electron chi connectivity index (χ1n) is 6.36. The number of nitrogens with zero attached hydrogens (tertiary/aromatic N) is 4. The zero-order valence-electron chi connectivity index (χ0n) is 11.6. The average Bonchev–Trinajstić information content (AvgIpc) is 2.92. The number of ether oxygens (including phenoxy) is 1. The molecule has 22 heavy (non-hydrogen) atoms. The van der Waals surface area contributed by atoms with Crippen LogP contribution in [0.25, 0.3) is 5.65 Å². The largest absolute Gasteiger partial charge is 0.455 e. The first-order valence-corrected chi connectivity index (χ1v) is 7.16. The van der Waals surface area contributed by atoms with E-state index >= 15 is 0 Å². The van der Waals surface area contributed by atoms with E-state index in [0.717, 1.165) is 4.47 Å². The monoisotopic (exact) mass is 362 g/mol. The molecule has 112 valence electrons. The molecule has 0 saturated heterocycles. The molecule has 0 spiro atoms. The van der Waals surface area contributed by atoms with Crippen LogP contribution in [0.2, 0.25) is 0 Å². The number of esters is 1. The zero-order valence-corrected chi connectivity index (χ0v) is 13.1. The van der Waals surface area contributed by atoms with Gasteiger partial charge in [0.05, 0.1) is 17.5 Å². The Morgan fingerprint density at radius 2 is 2.18 bits per heavy atom. The minimum Gasteiger partial charge on any atom is -0.455 e. The topological polar surface area (TPSA) is 78.5 Å². The molecule has 0 amide bonds. The summed E-state index contributed by atoms with van der Waals surface area (Å²) in [5.41, 5.74) is 0.996. The van der Waals surface area contributed by atoms with Gasteiger partial charge < -0.3 is 4.74 Å². The van der Waals surface area contributed by atoms with Gasteiger partial charge in [0.15, 0.2) is 0 Å². The maximum atomic E-state index is 12.0. The summed E-state index contributed by atoms with van der Waals surface area (Å²) in [6.45, 7) is -0.0739. The second kappa shape index (κ2) is 5.72. The molecule has 0 aliphatic rings. The van der Waals surface area contributed by atoms with Crippen molar-refractivity contribution < 1.29 is 9.53 Å². The van der Waals surface area contributed by atoms with Crippen molar-refractivity contribution in [1.82, 2.24) is 19.2 Å². The highest BCUT2D eigenvalue weighted by molar-refractivity contribution is 9.10. The minimum absolute atomic E-state index is 0.0739. The van der Waals surface area contributed by atoms with Crippen molar-refractivity contribution in [2.75, 3.05) is 0 Å². The van der Waals surface area contributed by atoms with Crippen LogP contribution >= 0.6 is 15.9 Å². The van der Waals surface area contributed by atoms with E-state index in [1.807, 2.05) is 0 Å². The van der Waals surface area contributed by atoms with Crippen LogP contribution in [-0.4, -0.2) is 25.1 Å². The van der Waals surface area contributed by atoms with Gasteiger partial charge in [0.1, 0.15) is 12.3 Å². The van der Waals surface area contributed by atoms with Crippen molar-refractivity contribution in [2.24, 2.45) is 7.05 Å². The van der Waals surface area contributed by atoms with Crippen LogP contribution in [0.1, 0.15) is 16.1 Å². The Bertz CT molecular complexity index is 916. The zero-order chi connectivity index (χ0) is 15.7. The summed E-state index contributed by atoms with van der Waals surface area (Å²) in [6, 6.07) is 4.83. The van der Waals surface area contributed by atoms with Gasteiger partial charge in [-0.05, 0) is 28.1 Å². The second-order valence-corrected chi connectivity index (χ2v) is 5.56. The molecule has 0 atom stereocenters. The van der Waals surface area contributed by atoms with Crippen LogP contribution in [0.3, 0.4) is 0 Å². The molecule has 7 nitrogen and oxygen atoms in total. The van der Waals surface area contributed by atoms with Crippen LogP contribution in [0.15, 0.2) is 46.1 Å². The van der Waals surface area contributed by atoms with Crippen LogP contribution < -0.4 is 5.56 Å². The molecule has 0 aliphatic heterocycles. The Kier molecular flexibility index (Phi) is 3.76. The number of hydrogen-bond donors (Lipinski definition) is 0. The lowest BCUT2D eigenvalue weighted by molar-refractivity contribution is 0.0467. The fourth-order valence-electron chi connectivity index (χ4n) is 1.95. The predicted octanol–water partition coefficient (Wildman–Crippen LogP) is 1.55. The van der Waals surface area contributed by atoms with Crippen molar-refractivity contribution in [3.05, 3.63) is 62.9 Å². The molecule has 3 aromatic rings. The number of hydrogen-bond acceptors (Lipinski definition) is 5. The summed E-state index contributed by atoms with van der Waals surface area (Å²) >= 11 is 3.30. The van der Waals surface area contributed by atoms with Gasteiger partial charge in [-0.2, -0.15) is 5.10 Å². The molecule has 0 aliphatic carbocycles. The van der Waals surface area contributed by atoms with Crippen molar-refractivity contribution in [2.45, 2.75) is 6.61 Å². The summed E-state index contributed by atoms with van der Waals surface area (Å²) in [5.74, 6) is -0.508. The fourth-order valence-corrected chi connectivity index (χ4v) is 2.29. The van der Waals surface area contributed by atoms with E-state index in [9.17, 15) is 9.59 Å². The third-order valence-corrected chi connectivity index (χ3v) is 3.44. The molecule has 0 saturated carbocycles. The number of rotatable bonds is 3. The lowest BCUT2D eigenvalue weighted by Gasteiger charge is -2.05. The van der Waals surface area contributed by atoms with Gasteiger partial charge in [0.2, 0.25) is 0 Å². The average molecular weight is 363 g/mol. The van der Waals surface area contributed by atoms with Gasteiger partial charge in [-0.15, -0.1) is 0 Å². The summed E-state index contributed by atoms with van der Waals surface area (Å²) < 4.78 is 8.84. The molecule has 0 unspecified atom stereocenters. The number of aromatic nitrogens is 4. The summed E-state index contributed by atoms with van der Waals surface area (Å²) in [6.07, 6.45) is 4.61.